The Morgan fingerprint density at radius 1 is 1.37 bits per heavy atom. The van der Waals surface area contributed by atoms with E-state index < -0.39 is 10.7 Å². The van der Waals surface area contributed by atoms with Crippen LogP contribution >= 0.6 is 0 Å². The molecule has 0 aromatic rings. The summed E-state index contributed by atoms with van der Waals surface area (Å²) in [6.07, 6.45) is 5.57. The van der Waals surface area contributed by atoms with Gasteiger partial charge >= 0.3 is 0 Å². The van der Waals surface area contributed by atoms with Crippen molar-refractivity contribution in [1.82, 2.24) is 0 Å². The molecule has 0 aromatic carbocycles. The van der Waals surface area contributed by atoms with E-state index in [1.807, 2.05) is 0 Å². The zero-order valence-electron chi connectivity index (χ0n) is 12.3. The molecule has 19 heavy (non-hydrogen) atoms. The molecule has 110 valence electrons. The predicted octanol–water partition coefficient (Wildman–Crippen LogP) is 2.91. The Labute approximate surface area is 115 Å². The molecule has 2 bridgehead atoms. The number of nitrogens with two attached hydrogens (primary N) is 1. The number of hydrogen-bond donors (Lipinski definition) is 1. The molecule has 0 amide bonds. The van der Waals surface area contributed by atoms with Crippen LogP contribution in [0, 0.1) is 26.9 Å². The minimum absolute atomic E-state index is 0.0373. The fraction of sp³-hybridized carbons (Fsp3) is 1.00. The van der Waals surface area contributed by atoms with Crippen LogP contribution in [0.4, 0.5) is 0 Å². The van der Waals surface area contributed by atoms with Crippen LogP contribution in [0.25, 0.3) is 0 Å². The first kappa shape index (κ1) is 14.6. The summed E-state index contributed by atoms with van der Waals surface area (Å²) < 4.78 is 0. The lowest BCUT2D eigenvalue weighted by molar-refractivity contribution is -0.785. The monoisotopic (exact) mass is 270 g/mol. The van der Waals surface area contributed by atoms with Crippen molar-refractivity contribution in [3.63, 3.8) is 0 Å². The highest BCUT2D eigenvalue weighted by Crippen LogP contribution is 2.60. The van der Waals surface area contributed by atoms with Gasteiger partial charge in [0, 0.05) is 0 Å². The molecule has 5 nitrogen and oxygen atoms in total. The van der Waals surface area contributed by atoms with E-state index in [9.17, 15) is 10.1 Å². The Balaban J connectivity index is 2.36. The third kappa shape index (κ3) is 2.71. The fourth-order valence-corrected chi connectivity index (χ4v) is 5.09. The standard InChI is InChI=1S/C14H26N2O3/c1-4-13-5-11(2)6-14(9-13,19-16(17)18)8-12(3,7-13)10-15/h11H,4-10,15H2,1-3H3. The summed E-state index contributed by atoms with van der Waals surface area (Å²) in [6, 6.07) is 0. The molecule has 2 N–H and O–H groups in total. The van der Waals surface area contributed by atoms with Crippen LogP contribution in [0.3, 0.4) is 0 Å². The van der Waals surface area contributed by atoms with Gasteiger partial charge in [-0.15, -0.1) is 10.1 Å². The number of nitrogens with zero attached hydrogens (tertiary/aromatic N) is 1. The lowest BCUT2D eigenvalue weighted by atomic mass is 9.50. The smallest absolute Gasteiger partial charge is 0.295 e. The van der Waals surface area contributed by atoms with E-state index in [1.165, 1.54) is 0 Å². The number of rotatable bonds is 4. The van der Waals surface area contributed by atoms with Gasteiger partial charge in [-0.2, -0.15) is 0 Å². The molecular formula is C14H26N2O3. The van der Waals surface area contributed by atoms with Crippen LogP contribution in [-0.2, 0) is 4.84 Å². The Kier molecular flexibility index (Phi) is 3.54. The maximum Gasteiger partial charge on any atom is 0.295 e. The first-order valence-electron chi connectivity index (χ1n) is 7.30. The highest BCUT2D eigenvalue weighted by Gasteiger charge is 2.57. The maximum atomic E-state index is 10.9. The third-order valence-corrected chi connectivity index (χ3v) is 5.26. The van der Waals surface area contributed by atoms with Gasteiger partial charge in [0.2, 0.25) is 0 Å². The molecule has 2 fully saturated rings. The Morgan fingerprint density at radius 2 is 2.05 bits per heavy atom. The zero-order chi connectivity index (χ0) is 14.3. The Morgan fingerprint density at radius 3 is 2.58 bits per heavy atom. The second-order valence-electron chi connectivity index (χ2n) is 7.41. The molecule has 0 radical (unpaired) electrons. The average molecular weight is 270 g/mol. The molecule has 5 heteroatoms. The molecule has 0 saturated heterocycles. The van der Waals surface area contributed by atoms with Crippen molar-refractivity contribution in [3.05, 3.63) is 10.1 Å². The van der Waals surface area contributed by atoms with E-state index in [-0.39, 0.29) is 10.8 Å². The fourth-order valence-electron chi connectivity index (χ4n) is 5.09. The summed E-state index contributed by atoms with van der Waals surface area (Å²) in [6.45, 7) is 7.11. The largest absolute Gasteiger partial charge is 0.330 e. The van der Waals surface area contributed by atoms with Crippen LogP contribution < -0.4 is 5.73 Å². The molecule has 0 aromatic heterocycles. The van der Waals surface area contributed by atoms with Gasteiger partial charge in [-0.1, -0.05) is 27.2 Å². The molecule has 2 aliphatic carbocycles. The second kappa shape index (κ2) is 4.62. The quantitative estimate of drug-likeness (QED) is 0.629. The highest BCUT2D eigenvalue weighted by atomic mass is 17.0. The molecular weight excluding hydrogens is 244 g/mol. The summed E-state index contributed by atoms with van der Waals surface area (Å²) in [5, 5.41) is 10.3. The van der Waals surface area contributed by atoms with Gasteiger partial charge in [-0.05, 0) is 55.4 Å². The van der Waals surface area contributed by atoms with Crippen LogP contribution in [0.5, 0.6) is 0 Å². The highest BCUT2D eigenvalue weighted by molar-refractivity contribution is 5.07. The molecule has 2 saturated carbocycles. The lowest BCUT2D eigenvalue weighted by Crippen LogP contribution is -2.57. The normalized spacial score (nSPS) is 45.8. The van der Waals surface area contributed by atoms with Crippen molar-refractivity contribution >= 4 is 0 Å². The van der Waals surface area contributed by atoms with Gasteiger partial charge in [-0.25, -0.2) is 0 Å². The van der Waals surface area contributed by atoms with Crippen LogP contribution in [0.2, 0.25) is 0 Å². The Bertz CT molecular complexity index is 372. The number of fused-ring (bicyclic) bond motifs is 2. The maximum absolute atomic E-state index is 10.9. The first-order chi connectivity index (χ1) is 8.76. The summed E-state index contributed by atoms with van der Waals surface area (Å²) in [4.78, 5) is 16.1. The van der Waals surface area contributed by atoms with E-state index in [4.69, 9.17) is 10.6 Å². The predicted molar refractivity (Wildman–Crippen MR) is 72.9 cm³/mol. The molecule has 2 aliphatic rings. The molecule has 4 unspecified atom stereocenters. The molecule has 4 atom stereocenters. The van der Waals surface area contributed by atoms with Gasteiger partial charge < -0.3 is 10.6 Å². The minimum atomic E-state index is -0.608. The van der Waals surface area contributed by atoms with Gasteiger partial charge in [0.15, 0.2) is 0 Å². The third-order valence-electron chi connectivity index (χ3n) is 5.26. The summed E-state index contributed by atoms with van der Waals surface area (Å²) >= 11 is 0. The van der Waals surface area contributed by atoms with Gasteiger partial charge in [0.25, 0.3) is 5.09 Å². The van der Waals surface area contributed by atoms with Crippen molar-refractivity contribution in [1.29, 1.82) is 0 Å². The van der Waals surface area contributed by atoms with Gasteiger partial charge in [0.05, 0.1) is 0 Å². The van der Waals surface area contributed by atoms with E-state index >= 15 is 0 Å². The summed E-state index contributed by atoms with van der Waals surface area (Å²) in [5.41, 5.74) is 5.48. The second-order valence-corrected chi connectivity index (χ2v) is 7.41. The topological polar surface area (TPSA) is 78.4 Å². The molecule has 2 rings (SSSR count). The average Bonchev–Trinajstić information content (AvgIpc) is 2.25. The van der Waals surface area contributed by atoms with Crippen LogP contribution in [0.15, 0.2) is 0 Å². The van der Waals surface area contributed by atoms with E-state index in [1.54, 1.807) is 0 Å². The molecule has 0 heterocycles. The van der Waals surface area contributed by atoms with Gasteiger partial charge in [0.1, 0.15) is 5.60 Å². The van der Waals surface area contributed by atoms with E-state index in [0.29, 0.717) is 18.9 Å². The minimum Gasteiger partial charge on any atom is -0.330 e. The van der Waals surface area contributed by atoms with Gasteiger partial charge in [-0.3, -0.25) is 0 Å². The Hall–Kier alpha value is -0.840. The van der Waals surface area contributed by atoms with Crippen molar-refractivity contribution in [2.45, 2.75) is 64.9 Å². The lowest BCUT2D eigenvalue weighted by Gasteiger charge is -2.58. The summed E-state index contributed by atoms with van der Waals surface area (Å²) in [7, 11) is 0. The van der Waals surface area contributed by atoms with Crippen molar-refractivity contribution in [2.75, 3.05) is 6.54 Å². The summed E-state index contributed by atoms with van der Waals surface area (Å²) in [5.74, 6) is 0.482. The first-order valence-corrected chi connectivity index (χ1v) is 7.30. The molecule has 0 spiro atoms. The SMILES string of the molecule is CCC12CC(C)CC(O[N+](=O)[O-])(CC(C)(CN)C1)C2. The van der Waals surface area contributed by atoms with Crippen molar-refractivity contribution in [3.8, 4) is 0 Å². The van der Waals surface area contributed by atoms with Crippen LogP contribution in [-0.4, -0.2) is 17.2 Å². The molecule has 0 aliphatic heterocycles. The van der Waals surface area contributed by atoms with E-state index in [2.05, 4.69) is 20.8 Å². The number of hydrogen-bond acceptors (Lipinski definition) is 4. The van der Waals surface area contributed by atoms with Crippen LogP contribution in [0.1, 0.15) is 59.3 Å². The van der Waals surface area contributed by atoms with Crippen molar-refractivity contribution in [2.24, 2.45) is 22.5 Å². The van der Waals surface area contributed by atoms with Crippen molar-refractivity contribution < 1.29 is 9.92 Å². The zero-order valence-corrected chi connectivity index (χ0v) is 12.3. The van der Waals surface area contributed by atoms with E-state index in [0.717, 1.165) is 32.1 Å².